The van der Waals surface area contributed by atoms with E-state index < -0.39 is 10.0 Å². The second-order valence-corrected chi connectivity index (χ2v) is 6.23. The van der Waals surface area contributed by atoms with Crippen molar-refractivity contribution < 1.29 is 8.42 Å². The summed E-state index contributed by atoms with van der Waals surface area (Å²) in [6.45, 7) is 2.56. The van der Waals surface area contributed by atoms with Crippen LogP contribution in [0.5, 0.6) is 0 Å². The standard InChI is InChI=1S/C14H15ClN2O2S/c1-2-16-13-5-3-4-6-14(13)20(18,19)17-12-9-7-11(15)8-10-12/h3-10,16-17H,2H2,1H3. The molecule has 6 heteroatoms. The van der Waals surface area contributed by atoms with Crippen LogP contribution in [0.25, 0.3) is 0 Å². The Hall–Kier alpha value is -1.72. The van der Waals surface area contributed by atoms with Gasteiger partial charge in [-0.25, -0.2) is 8.42 Å². The number of nitrogens with one attached hydrogen (secondary N) is 2. The van der Waals surface area contributed by atoms with Gasteiger partial charge in [-0.15, -0.1) is 0 Å². The maximum Gasteiger partial charge on any atom is 0.263 e. The molecule has 0 spiro atoms. The van der Waals surface area contributed by atoms with Gasteiger partial charge in [0.25, 0.3) is 10.0 Å². The molecule has 0 atom stereocenters. The highest BCUT2D eigenvalue weighted by atomic mass is 35.5. The van der Waals surface area contributed by atoms with Crippen LogP contribution in [0.3, 0.4) is 0 Å². The second-order valence-electron chi connectivity index (χ2n) is 4.14. The third-order valence-corrected chi connectivity index (χ3v) is 4.33. The van der Waals surface area contributed by atoms with Crippen molar-refractivity contribution in [3.63, 3.8) is 0 Å². The molecule has 20 heavy (non-hydrogen) atoms. The second kappa shape index (κ2) is 6.15. The van der Waals surface area contributed by atoms with Gasteiger partial charge in [0.1, 0.15) is 4.90 Å². The number of hydrogen-bond acceptors (Lipinski definition) is 3. The zero-order valence-electron chi connectivity index (χ0n) is 10.9. The summed E-state index contributed by atoms with van der Waals surface area (Å²) in [7, 11) is -3.63. The summed E-state index contributed by atoms with van der Waals surface area (Å²) in [5, 5.41) is 3.59. The molecule has 0 fully saturated rings. The van der Waals surface area contributed by atoms with Crippen LogP contribution in [0.4, 0.5) is 11.4 Å². The molecule has 2 aromatic rings. The van der Waals surface area contributed by atoms with E-state index in [0.29, 0.717) is 22.9 Å². The highest BCUT2D eigenvalue weighted by Gasteiger charge is 2.17. The highest BCUT2D eigenvalue weighted by Crippen LogP contribution is 2.24. The zero-order valence-corrected chi connectivity index (χ0v) is 12.5. The van der Waals surface area contributed by atoms with E-state index in [1.165, 1.54) is 0 Å². The normalized spacial score (nSPS) is 11.1. The first-order valence-corrected chi connectivity index (χ1v) is 8.00. The third-order valence-electron chi connectivity index (χ3n) is 2.64. The number of anilines is 2. The Labute approximate surface area is 123 Å². The Morgan fingerprint density at radius 3 is 2.35 bits per heavy atom. The monoisotopic (exact) mass is 310 g/mol. The molecule has 0 unspecified atom stereocenters. The van der Waals surface area contributed by atoms with E-state index >= 15 is 0 Å². The molecule has 0 saturated carbocycles. The maximum atomic E-state index is 12.4. The Bertz CT molecular complexity index is 685. The van der Waals surface area contributed by atoms with E-state index in [4.69, 9.17) is 11.6 Å². The first-order valence-electron chi connectivity index (χ1n) is 6.14. The predicted molar refractivity (Wildman–Crippen MR) is 82.9 cm³/mol. The van der Waals surface area contributed by atoms with Crippen molar-refractivity contribution in [3.8, 4) is 0 Å². The van der Waals surface area contributed by atoms with Crippen LogP contribution in [0, 0.1) is 0 Å². The minimum absolute atomic E-state index is 0.219. The molecule has 0 radical (unpaired) electrons. The summed E-state index contributed by atoms with van der Waals surface area (Å²) in [5.74, 6) is 0. The summed E-state index contributed by atoms with van der Waals surface area (Å²) < 4.78 is 27.3. The van der Waals surface area contributed by atoms with Crippen molar-refractivity contribution in [2.45, 2.75) is 11.8 Å². The van der Waals surface area contributed by atoms with Crippen LogP contribution >= 0.6 is 11.6 Å². The van der Waals surface area contributed by atoms with E-state index in [1.54, 1.807) is 48.5 Å². The molecule has 0 aromatic heterocycles. The minimum Gasteiger partial charge on any atom is -0.384 e. The molecule has 4 nitrogen and oxygen atoms in total. The molecule has 2 N–H and O–H groups in total. The molecule has 2 aromatic carbocycles. The number of para-hydroxylation sites is 1. The molecule has 0 saturated heterocycles. The summed E-state index contributed by atoms with van der Waals surface area (Å²) in [4.78, 5) is 0.219. The van der Waals surface area contributed by atoms with E-state index in [2.05, 4.69) is 10.0 Å². The van der Waals surface area contributed by atoms with Gasteiger partial charge >= 0.3 is 0 Å². The van der Waals surface area contributed by atoms with Crippen molar-refractivity contribution in [3.05, 3.63) is 53.6 Å². The highest BCUT2D eigenvalue weighted by molar-refractivity contribution is 7.92. The first kappa shape index (κ1) is 14.7. The smallest absolute Gasteiger partial charge is 0.263 e. The first-order chi connectivity index (χ1) is 9.53. The van der Waals surface area contributed by atoms with Gasteiger partial charge in [-0.2, -0.15) is 0 Å². The fraction of sp³-hybridized carbons (Fsp3) is 0.143. The maximum absolute atomic E-state index is 12.4. The molecule has 0 aliphatic heterocycles. The van der Waals surface area contributed by atoms with Gasteiger partial charge in [0, 0.05) is 17.3 Å². The van der Waals surface area contributed by atoms with Gasteiger partial charge in [0.2, 0.25) is 0 Å². The molecule has 0 bridgehead atoms. The van der Waals surface area contributed by atoms with Crippen molar-refractivity contribution in [2.75, 3.05) is 16.6 Å². The molecule has 0 amide bonds. The quantitative estimate of drug-likeness (QED) is 0.887. The summed E-state index contributed by atoms with van der Waals surface area (Å²) in [5.41, 5.74) is 1.05. The summed E-state index contributed by atoms with van der Waals surface area (Å²) in [6, 6.07) is 13.3. The fourth-order valence-corrected chi connectivity index (χ4v) is 3.14. The molecule has 106 valence electrons. The van der Waals surface area contributed by atoms with Crippen molar-refractivity contribution >= 4 is 33.0 Å². The molecular formula is C14H15ClN2O2S. The lowest BCUT2D eigenvalue weighted by Gasteiger charge is -2.13. The zero-order chi connectivity index (χ0) is 14.6. The number of benzene rings is 2. The Morgan fingerprint density at radius 1 is 1.05 bits per heavy atom. The topological polar surface area (TPSA) is 58.2 Å². The predicted octanol–water partition coefficient (Wildman–Crippen LogP) is 3.57. The van der Waals surface area contributed by atoms with Crippen LogP contribution in [-0.4, -0.2) is 15.0 Å². The molecule has 0 heterocycles. The van der Waals surface area contributed by atoms with Gasteiger partial charge < -0.3 is 5.32 Å². The van der Waals surface area contributed by atoms with Gasteiger partial charge in [0.15, 0.2) is 0 Å². The van der Waals surface area contributed by atoms with Crippen LogP contribution in [0.1, 0.15) is 6.92 Å². The lowest BCUT2D eigenvalue weighted by Crippen LogP contribution is -2.15. The fourth-order valence-electron chi connectivity index (χ4n) is 1.77. The van der Waals surface area contributed by atoms with Crippen molar-refractivity contribution in [2.24, 2.45) is 0 Å². The van der Waals surface area contributed by atoms with Gasteiger partial charge in [-0.05, 0) is 43.3 Å². The lowest BCUT2D eigenvalue weighted by molar-refractivity contribution is 0.601. The van der Waals surface area contributed by atoms with E-state index in [9.17, 15) is 8.42 Å². The van der Waals surface area contributed by atoms with Crippen molar-refractivity contribution in [1.29, 1.82) is 0 Å². The lowest BCUT2D eigenvalue weighted by atomic mass is 10.3. The number of sulfonamides is 1. The Morgan fingerprint density at radius 2 is 1.70 bits per heavy atom. The van der Waals surface area contributed by atoms with Crippen LogP contribution in [-0.2, 0) is 10.0 Å². The van der Waals surface area contributed by atoms with E-state index in [0.717, 1.165) is 0 Å². The molecule has 0 aliphatic carbocycles. The van der Waals surface area contributed by atoms with Crippen molar-refractivity contribution in [1.82, 2.24) is 0 Å². The van der Waals surface area contributed by atoms with Crippen LogP contribution in [0.2, 0.25) is 5.02 Å². The summed E-state index contributed by atoms with van der Waals surface area (Å²) in [6.07, 6.45) is 0. The SMILES string of the molecule is CCNc1ccccc1S(=O)(=O)Nc1ccc(Cl)cc1. The van der Waals surface area contributed by atoms with Crippen LogP contribution in [0.15, 0.2) is 53.4 Å². The molecule has 0 aliphatic rings. The van der Waals surface area contributed by atoms with Crippen LogP contribution < -0.4 is 10.0 Å². The van der Waals surface area contributed by atoms with Gasteiger partial charge in [-0.3, -0.25) is 4.72 Å². The third kappa shape index (κ3) is 3.43. The summed E-state index contributed by atoms with van der Waals surface area (Å²) >= 11 is 5.78. The van der Waals surface area contributed by atoms with E-state index in [1.807, 2.05) is 6.92 Å². The van der Waals surface area contributed by atoms with Gasteiger partial charge in [0.05, 0.1) is 5.69 Å². The average Bonchev–Trinajstić information content (AvgIpc) is 2.42. The Kier molecular flexibility index (Phi) is 4.52. The Balaban J connectivity index is 2.33. The molecule has 2 rings (SSSR count). The van der Waals surface area contributed by atoms with Gasteiger partial charge in [-0.1, -0.05) is 23.7 Å². The molecular weight excluding hydrogens is 296 g/mol. The number of hydrogen-bond donors (Lipinski definition) is 2. The van der Waals surface area contributed by atoms with E-state index in [-0.39, 0.29) is 4.90 Å². The minimum atomic E-state index is -3.63. The number of rotatable bonds is 5. The largest absolute Gasteiger partial charge is 0.384 e. The average molecular weight is 311 g/mol. The number of halogens is 1.